The van der Waals surface area contributed by atoms with E-state index in [0.717, 1.165) is 0 Å². The molecule has 124 valence electrons. The summed E-state index contributed by atoms with van der Waals surface area (Å²) in [5, 5.41) is 7.77. The van der Waals surface area contributed by atoms with Crippen LogP contribution in [0.2, 0.25) is 0 Å². The van der Waals surface area contributed by atoms with Crippen LogP contribution in [0.3, 0.4) is 0 Å². The number of aryl methyl sites for hydroxylation is 1. The van der Waals surface area contributed by atoms with Gasteiger partial charge in [-0.2, -0.15) is 0 Å². The van der Waals surface area contributed by atoms with E-state index in [1.54, 1.807) is 26.0 Å². The molecule has 3 N–H and O–H groups in total. The summed E-state index contributed by atoms with van der Waals surface area (Å²) in [7, 11) is 0. The molecule has 24 heavy (non-hydrogen) atoms. The number of amides is 1. The van der Waals surface area contributed by atoms with Crippen molar-refractivity contribution in [3.05, 3.63) is 63.7 Å². The number of benzene rings is 1. The maximum absolute atomic E-state index is 13.8. The van der Waals surface area contributed by atoms with Crippen LogP contribution in [0.4, 0.5) is 4.39 Å². The Morgan fingerprint density at radius 2 is 2.08 bits per heavy atom. The summed E-state index contributed by atoms with van der Waals surface area (Å²) in [6.07, 6.45) is 0. The molecule has 0 saturated carbocycles. The Balaban J connectivity index is 1.83. The Kier molecular flexibility index (Phi) is 4.03. The van der Waals surface area contributed by atoms with Gasteiger partial charge in [-0.05, 0) is 26.0 Å². The molecular weight excluding hydrogens is 315 g/mol. The number of aromatic nitrogens is 3. The van der Waals surface area contributed by atoms with Crippen LogP contribution >= 0.6 is 0 Å². The van der Waals surface area contributed by atoms with Crippen LogP contribution in [0.15, 0.2) is 39.5 Å². The van der Waals surface area contributed by atoms with Gasteiger partial charge in [-0.1, -0.05) is 12.1 Å². The first kappa shape index (κ1) is 15.7. The van der Waals surface area contributed by atoms with Crippen LogP contribution in [-0.4, -0.2) is 21.1 Å². The summed E-state index contributed by atoms with van der Waals surface area (Å²) >= 11 is 0. The van der Waals surface area contributed by atoms with Crippen LogP contribution in [0.5, 0.6) is 0 Å². The molecule has 0 radical (unpaired) electrons. The molecular formula is C16H15FN4O3. The van der Waals surface area contributed by atoms with E-state index in [4.69, 9.17) is 4.42 Å². The number of H-pyrrole nitrogens is 2. The van der Waals surface area contributed by atoms with Crippen LogP contribution in [-0.2, 0) is 0 Å². The summed E-state index contributed by atoms with van der Waals surface area (Å²) in [6, 6.07) is 6.94. The summed E-state index contributed by atoms with van der Waals surface area (Å²) in [6.45, 7) is 3.29. The highest BCUT2D eigenvalue weighted by Crippen LogP contribution is 2.24. The van der Waals surface area contributed by atoms with E-state index in [1.165, 1.54) is 18.2 Å². The van der Waals surface area contributed by atoms with Gasteiger partial charge in [0.2, 0.25) is 5.89 Å². The van der Waals surface area contributed by atoms with Crippen molar-refractivity contribution in [3.8, 4) is 11.5 Å². The number of aromatic amines is 2. The molecule has 8 heteroatoms. The van der Waals surface area contributed by atoms with Crippen LogP contribution in [0.25, 0.3) is 11.5 Å². The topological polar surface area (TPSA) is 104 Å². The second kappa shape index (κ2) is 6.15. The summed E-state index contributed by atoms with van der Waals surface area (Å²) < 4.78 is 19.2. The number of nitrogens with zero attached hydrogens (tertiary/aromatic N) is 1. The third kappa shape index (κ3) is 2.98. The van der Waals surface area contributed by atoms with E-state index in [9.17, 15) is 14.0 Å². The molecule has 0 aliphatic heterocycles. The Labute approximate surface area is 135 Å². The minimum atomic E-state index is -0.482. The second-order valence-corrected chi connectivity index (χ2v) is 5.31. The summed E-state index contributed by atoms with van der Waals surface area (Å²) in [5.41, 5.74) is 0.495. The third-order valence-electron chi connectivity index (χ3n) is 3.55. The lowest BCUT2D eigenvalue weighted by Crippen LogP contribution is -2.27. The van der Waals surface area contributed by atoms with Gasteiger partial charge in [0.05, 0.1) is 17.3 Å². The molecule has 0 aliphatic carbocycles. The fourth-order valence-electron chi connectivity index (χ4n) is 2.28. The fraction of sp³-hybridized carbons (Fsp3) is 0.188. The van der Waals surface area contributed by atoms with Gasteiger partial charge in [0.15, 0.2) is 5.69 Å². The molecule has 2 heterocycles. The largest absolute Gasteiger partial charge is 0.440 e. The van der Waals surface area contributed by atoms with Crippen molar-refractivity contribution < 1.29 is 13.6 Å². The average Bonchev–Trinajstić information content (AvgIpc) is 3.14. The van der Waals surface area contributed by atoms with Gasteiger partial charge < -0.3 is 14.8 Å². The first-order valence-electron chi connectivity index (χ1n) is 7.26. The normalized spacial score (nSPS) is 12.1. The molecule has 1 amide bonds. The highest BCUT2D eigenvalue weighted by molar-refractivity contribution is 5.93. The maximum Gasteiger partial charge on any atom is 0.274 e. The van der Waals surface area contributed by atoms with Crippen LogP contribution in [0, 0.1) is 12.7 Å². The predicted molar refractivity (Wildman–Crippen MR) is 83.9 cm³/mol. The van der Waals surface area contributed by atoms with Crippen molar-refractivity contribution in [1.82, 2.24) is 20.5 Å². The van der Waals surface area contributed by atoms with Gasteiger partial charge in [-0.15, -0.1) is 0 Å². The van der Waals surface area contributed by atoms with E-state index in [-0.39, 0.29) is 28.5 Å². The first-order chi connectivity index (χ1) is 11.5. The van der Waals surface area contributed by atoms with E-state index < -0.39 is 17.8 Å². The molecule has 2 aromatic heterocycles. The molecule has 1 atom stereocenters. The SMILES string of the molecule is Cc1oc(-c2ccccc2F)nc1C(=O)NC(C)c1cc(=O)[nH][nH]1. The third-order valence-corrected chi connectivity index (χ3v) is 3.55. The molecule has 0 spiro atoms. The lowest BCUT2D eigenvalue weighted by molar-refractivity contribution is 0.0933. The average molecular weight is 330 g/mol. The van der Waals surface area contributed by atoms with E-state index >= 15 is 0 Å². The van der Waals surface area contributed by atoms with Crippen molar-refractivity contribution in [3.63, 3.8) is 0 Å². The minimum absolute atomic E-state index is 0.0402. The van der Waals surface area contributed by atoms with Gasteiger partial charge in [-0.3, -0.25) is 14.7 Å². The minimum Gasteiger partial charge on any atom is -0.440 e. The van der Waals surface area contributed by atoms with Gasteiger partial charge in [0.25, 0.3) is 11.5 Å². The number of carbonyl (C=O) groups excluding carboxylic acids is 1. The van der Waals surface area contributed by atoms with Gasteiger partial charge in [-0.25, -0.2) is 9.37 Å². The van der Waals surface area contributed by atoms with Gasteiger partial charge in [0, 0.05) is 6.07 Å². The van der Waals surface area contributed by atoms with Crippen LogP contribution < -0.4 is 10.9 Å². The monoisotopic (exact) mass is 330 g/mol. The zero-order chi connectivity index (χ0) is 17.3. The number of oxazole rings is 1. The molecule has 0 fully saturated rings. The molecule has 1 unspecified atom stereocenters. The Morgan fingerprint density at radius 1 is 1.33 bits per heavy atom. The zero-order valence-electron chi connectivity index (χ0n) is 13.0. The number of rotatable bonds is 4. The van der Waals surface area contributed by atoms with E-state index in [1.807, 2.05) is 0 Å². The molecule has 7 nitrogen and oxygen atoms in total. The lowest BCUT2D eigenvalue weighted by Gasteiger charge is -2.10. The molecule has 0 bridgehead atoms. The molecule has 3 aromatic rings. The molecule has 0 aliphatic rings. The van der Waals surface area contributed by atoms with E-state index in [2.05, 4.69) is 20.5 Å². The molecule has 0 saturated heterocycles. The van der Waals surface area contributed by atoms with Gasteiger partial charge in [0.1, 0.15) is 11.6 Å². The number of hydrogen-bond donors (Lipinski definition) is 3. The smallest absolute Gasteiger partial charge is 0.274 e. The first-order valence-corrected chi connectivity index (χ1v) is 7.26. The quantitative estimate of drug-likeness (QED) is 0.683. The van der Waals surface area contributed by atoms with Crippen molar-refractivity contribution in [2.75, 3.05) is 0 Å². The summed E-state index contributed by atoms with van der Waals surface area (Å²) in [5.74, 6) is -0.642. The summed E-state index contributed by atoms with van der Waals surface area (Å²) in [4.78, 5) is 27.6. The standard InChI is InChI=1S/C16H15FN4O3/c1-8(12-7-13(22)21-20-12)18-15(23)14-9(2)24-16(19-14)10-5-3-4-6-11(10)17/h3-8H,1-2H3,(H,18,23)(H2,20,21,22). The Hall–Kier alpha value is -3.16. The highest BCUT2D eigenvalue weighted by atomic mass is 19.1. The molecule has 3 rings (SSSR count). The number of halogens is 1. The lowest BCUT2D eigenvalue weighted by atomic mass is 10.2. The van der Waals surface area contributed by atoms with Crippen molar-refractivity contribution in [1.29, 1.82) is 0 Å². The van der Waals surface area contributed by atoms with Crippen molar-refractivity contribution >= 4 is 5.91 Å². The Bertz CT molecular complexity index is 941. The second-order valence-electron chi connectivity index (χ2n) is 5.31. The number of nitrogens with one attached hydrogen (secondary N) is 3. The van der Waals surface area contributed by atoms with Crippen molar-refractivity contribution in [2.24, 2.45) is 0 Å². The maximum atomic E-state index is 13.8. The zero-order valence-corrected chi connectivity index (χ0v) is 13.0. The highest BCUT2D eigenvalue weighted by Gasteiger charge is 2.21. The Morgan fingerprint density at radius 3 is 2.75 bits per heavy atom. The number of hydrogen-bond acceptors (Lipinski definition) is 4. The van der Waals surface area contributed by atoms with Gasteiger partial charge >= 0.3 is 0 Å². The number of carbonyl (C=O) groups is 1. The predicted octanol–water partition coefficient (Wildman–Crippen LogP) is 2.30. The molecule has 1 aromatic carbocycles. The fourth-order valence-corrected chi connectivity index (χ4v) is 2.28. The van der Waals surface area contributed by atoms with Crippen LogP contribution in [0.1, 0.15) is 34.9 Å². The van der Waals surface area contributed by atoms with E-state index in [0.29, 0.717) is 5.69 Å². The van der Waals surface area contributed by atoms with Crippen molar-refractivity contribution in [2.45, 2.75) is 19.9 Å².